The Morgan fingerprint density at radius 1 is 1.43 bits per heavy atom. The number of carbonyl (C=O) groups is 1. The molecule has 0 unspecified atom stereocenters. The SMILES string of the molecule is Cc1nn(C)c(C)c1OCC(=O)N1CCC[C@H]1Cn1ccnn1. The monoisotopic (exact) mass is 318 g/mol. The van der Waals surface area contributed by atoms with Gasteiger partial charge < -0.3 is 9.64 Å². The molecule has 124 valence electrons. The van der Waals surface area contributed by atoms with Crippen molar-refractivity contribution in [2.24, 2.45) is 7.05 Å². The first kappa shape index (κ1) is 15.5. The summed E-state index contributed by atoms with van der Waals surface area (Å²) >= 11 is 0. The van der Waals surface area contributed by atoms with Crippen LogP contribution in [-0.4, -0.2) is 54.8 Å². The van der Waals surface area contributed by atoms with Crippen LogP contribution < -0.4 is 4.74 Å². The quantitative estimate of drug-likeness (QED) is 0.811. The zero-order valence-electron chi connectivity index (χ0n) is 13.8. The number of aromatic nitrogens is 5. The summed E-state index contributed by atoms with van der Waals surface area (Å²) in [6.07, 6.45) is 5.46. The molecule has 2 aromatic rings. The van der Waals surface area contributed by atoms with E-state index in [4.69, 9.17) is 4.74 Å². The van der Waals surface area contributed by atoms with Crippen molar-refractivity contribution < 1.29 is 9.53 Å². The van der Waals surface area contributed by atoms with Gasteiger partial charge in [-0.05, 0) is 26.7 Å². The number of carbonyl (C=O) groups excluding carboxylic acids is 1. The van der Waals surface area contributed by atoms with Gasteiger partial charge >= 0.3 is 0 Å². The van der Waals surface area contributed by atoms with Gasteiger partial charge in [-0.15, -0.1) is 5.10 Å². The summed E-state index contributed by atoms with van der Waals surface area (Å²) in [4.78, 5) is 14.4. The summed E-state index contributed by atoms with van der Waals surface area (Å²) in [6.45, 7) is 5.31. The molecule has 1 saturated heterocycles. The lowest BCUT2D eigenvalue weighted by atomic mass is 10.2. The van der Waals surface area contributed by atoms with Crippen molar-refractivity contribution in [1.29, 1.82) is 0 Å². The predicted octanol–water partition coefficient (Wildman–Crippen LogP) is 0.698. The second-order valence-corrected chi connectivity index (χ2v) is 5.92. The molecule has 1 aliphatic rings. The van der Waals surface area contributed by atoms with Gasteiger partial charge in [0.2, 0.25) is 0 Å². The summed E-state index contributed by atoms with van der Waals surface area (Å²) in [6, 6.07) is 0.156. The van der Waals surface area contributed by atoms with Crippen LogP contribution in [0.5, 0.6) is 5.75 Å². The minimum absolute atomic E-state index is 0.00951. The van der Waals surface area contributed by atoms with Crippen LogP contribution in [0.15, 0.2) is 12.4 Å². The third-order valence-electron chi connectivity index (χ3n) is 4.35. The summed E-state index contributed by atoms with van der Waals surface area (Å²) in [5, 5.41) is 12.1. The molecule has 1 amide bonds. The molecule has 1 aliphatic heterocycles. The lowest BCUT2D eigenvalue weighted by Gasteiger charge is -2.24. The van der Waals surface area contributed by atoms with Crippen molar-refractivity contribution >= 4 is 5.91 Å². The Morgan fingerprint density at radius 3 is 2.91 bits per heavy atom. The van der Waals surface area contributed by atoms with Crippen molar-refractivity contribution in [3.63, 3.8) is 0 Å². The average molecular weight is 318 g/mol. The fourth-order valence-corrected chi connectivity index (χ4v) is 3.08. The molecule has 2 aromatic heterocycles. The second-order valence-electron chi connectivity index (χ2n) is 5.92. The maximum absolute atomic E-state index is 12.5. The van der Waals surface area contributed by atoms with Crippen LogP contribution >= 0.6 is 0 Å². The van der Waals surface area contributed by atoms with Crippen LogP contribution in [0.2, 0.25) is 0 Å². The summed E-state index contributed by atoms with van der Waals surface area (Å²) < 4.78 is 9.27. The van der Waals surface area contributed by atoms with E-state index in [1.54, 1.807) is 15.6 Å². The lowest BCUT2D eigenvalue weighted by molar-refractivity contribution is -0.134. The molecule has 8 heteroatoms. The Kier molecular flexibility index (Phi) is 4.31. The molecule has 0 bridgehead atoms. The van der Waals surface area contributed by atoms with Crippen molar-refractivity contribution in [2.45, 2.75) is 39.3 Å². The number of amides is 1. The first-order valence-corrected chi connectivity index (χ1v) is 7.83. The van der Waals surface area contributed by atoms with Crippen LogP contribution in [0.3, 0.4) is 0 Å². The molecule has 0 N–H and O–H groups in total. The van der Waals surface area contributed by atoms with Gasteiger partial charge in [0, 0.05) is 19.8 Å². The van der Waals surface area contributed by atoms with Gasteiger partial charge in [-0.3, -0.25) is 14.2 Å². The maximum atomic E-state index is 12.5. The van der Waals surface area contributed by atoms with Gasteiger partial charge in [-0.2, -0.15) is 5.10 Å². The molecular formula is C15H22N6O2. The molecular weight excluding hydrogens is 296 g/mol. The van der Waals surface area contributed by atoms with E-state index >= 15 is 0 Å². The smallest absolute Gasteiger partial charge is 0.260 e. The molecule has 23 heavy (non-hydrogen) atoms. The molecule has 1 atom stereocenters. The summed E-state index contributed by atoms with van der Waals surface area (Å²) in [5.41, 5.74) is 1.73. The van der Waals surface area contributed by atoms with Crippen LogP contribution in [0.1, 0.15) is 24.2 Å². The largest absolute Gasteiger partial charge is 0.480 e. The molecule has 0 saturated carbocycles. The summed E-state index contributed by atoms with van der Waals surface area (Å²) in [5.74, 6) is 0.711. The number of nitrogens with zero attached hydrogens (tertiary/aromatic N) is 6. The number of hydrogen-bond donors (Lipinski definition) is 0. The molecule has 0 radical (unpaired) electrons. The molecule has 0 aromatic carbocycles. The maximum Gasteiger partial charge on any atom is 0.260 e. The number of rotatable bonds is 5. The topological polar surface area (TPSA) is 78.1 Å². The highest BCUT2D eigenvalue weighted by Gasteiger charge is 2.29. The van der Waals surface area contributed by atoms with Gasteiger partial charge in [-0.1, -0.05) is 5.21 Å². The van der Waals surface area contributed by atoms with Crippen molar-refractivity contribution in [3.8, 4) is 5.75 Å². The number of ether oxygens (including phenoxy) is 1. The first-order valence-electron chi connectivity index (χ1n) is 7.83. The van der Waals surface area contributed by atoms with Crippen LogP contribution in [0, 0.1) is 13.8 Å². The highest BCUT2D eigenvalue weighted by Crippen LogP contribution is 2.23. The predicted molar refractivity (Wildman–Crippen MR) is 82.9 cm³/mol. The minimum Gasteiger partial charge on any atom is -0.480 e. The average Bonchev–Trinajstić information content (AvgIpc) is 3.22. The van der Waals surface area contributed by atoms with Gasteiger partial charge in [0.25, 0.3) is 5.91 Å². The number of hydrogen-bond acceptors (Lipinski definition) is 5. The van der Waals surface area contributed by atoms with E-state index < -0.39 is 0 Å². The molecule has 3 rings (SSSR count). The standard InChI is InChI=1S/C15H22N6O2/c1-11-15(12(2)19(3)17-11)23-10-14(22)21-7-4-5-13(21)9-20-8-6-16-18-20/h6,8,13H,4-5,7,9-10H2,1-3H3/t13-/m0/s1. The Hall–Kier alpha value is -2.38. The fourth-order valence-electron chi connectivity index (χ4n) is 3.08. The van der Waals surface area contributed by atoms with Gasteiger partial charge in [-0.25, -0.2) is 0 Å². The molecule has 3 heterocycles. The van der Waals surface area contributed by atoms with E-state index in [0.29, 0.717) is 12.3 Å². The van der Waals surface area contributed by atoms with E-state index in [1.165, 1.54) is 0 Å². The van der Waals surface area contributed by atoms with Crippen molar-refractivity contribution in [1.82, 2.24) is 29.7 Å². The fraction of sp³-hybridized carbons (Fsp3) is 0.600. The highest BCUT2D eigenvalue weighted by atomic mass is 16.5. The van der Waals surface area contributed by atoms with Crippen LogP contribution in [0.4, 0.5) is 0 Å². The Labute approximate surface area is 135 Å². The van der Waals surface area contributed by atoms with Gasteiger partial charge in [0.05, 0.1) is 24.5 Å². The van der Waals surface area contributed by atoms with Crippen molar-refractivity contribution in [3.05, 3.63) is 23.8 Å². The normalized spacial score (nSPS) is 17.7. The zero-order chi connectivity index (χ0) is 16.4. The second kappa shape index (κ2) is 6.39. The first-order chi connectivity index (χ1) is 11.1. The third kappa shape index (κ3) is 3.20. The Balaban J connectivity index is 1.61. The van der Waals surface area contributed by atoms with Gasteiger partial charge in [0.1, 0.15) is 5.69 Å². The molecule has 0 spiro atoms. The minimum atomic E-state index is 0.00951. The zero-order valence-corrected chi connectivity index (χ0v) is 13.8. The van der Waals surface area contributed by atoms with Gasteiger partial charge in [0.15, 0.2) is 12.4 Å². The summed E-state index contributed by atoms with van der Waals surface area (Å²) in [7, 11) is 1.87. The number of likely N-dealkylation sites (tertiary alicyclic amines) is 1. The van der Waals surface area contributed by atoms with E-state index in [1.807, 2.05) is 32.0 Å². The van der Waals surface area contributed by atoms with E-state index in [9.17, 15) is 4.79 Å². The molecule has 0 aliphatic carbocycles. The van der Waals surface area contributed by atoms with E-state index in [0.717, 1.165) is 30.8 Å². The third-order valence-corrected chi connectivity index (χ3v) is 4.35. The Bertz CT molecular complexity index is 678. The Morgan fingerprint density at radius 2 is 2.26 bits per heavy atom. The van der Waals surface area contributed by atoms with E-state index in [-0.39, 0.29) is 18.6 Å². The highest BCUT2D eigenvalue weighted by molar-refractivity contribution is 5.78. The molecule has 8 nitrogen and oxygen atoms in total. The van der Waals surface area contributed by atoms with Crippen LogP contribution in [0.25, 0.3) is 0 Å². The van der Waals surface area contributed by atoms with Crippen LogP contribution in [-0.2, 0) is 18.4 Å². The van der Waals surface area contributed by atoms with E-state index in [2.05, 4.69) is 15.4 Å². The number of aryl methyl sites for hydroxylation is 2. The molecule has 1 fully saturated rings. The van der Waals surface area contributed by atoms with Crippen molar-refractivity contribution in [2.75, 3.05) is 13.2 Å². The lowest BCUT2D eigenvalue weighted by Crippen LogP contribution is -2.40.